The average molecular weight is 676 g/mol. The minimum Gasteiger partial charge on any atom is -0.490 e. The molecule has 0 saturated heterocycles. The van der Waals surface area contributed by atoms with Crippen LogP contribution in [0.5, 0.6) is 5.75 Å². The molecular weight excluding hydrogens is 622 g/mol. The summed E-state index contributed by atoms with van der Waals surface area (Å²) < 4.78 is 5.60. The molecule has 5 atom stereocenters. The van der Waals surface area contributed by atoms with Gasteiger partial charge in [0.05, 0.1) is 24.5 Å². The van der Waals surface area contributed by atoms with Gasteiger partial charge < -0.3 is 40.7 Å². The molecular formula is C36H53NO11. The molecule has 0 saturated carbocycles. The van der Waals surface area contributed by atoms with Crippen LogP contribution in [0, 0.1) is 5.92 Å². The summed E-state index contributed by atoms with van der Waals surface area (Å²) in [5, 5.41) is 62.2. The number of nitrogens with one attached hydrogen (secondary N) is 1. The Morgan fingerprint density at radius 1 is 0.896 bits per heavy atom. The molecule has 1 rings (SSSR count). The van der Waals surface area contributed by atoms with Crippen LogP contribution < -0.4 is 10.1 Å². The van der Waals surface area contributed by atoms with Crippen molar-refractivity contribution in [3.63, 3.8) is 0 Å². The Kier molecular flexibility index (Phi) is 19.7. The fourth-order valence-electron chi connectivity index (χ4n) is 4.79. The lowest BCUT2D eigenvalue weighted by Gasteiger charge is -2.29. The zero-order valence-electron chi connectivity index (χ0n) is 28.2. The van der Waals surface area contributed by atoms with Crippen molar-refractivity contribution in [3.05, 3.63) is 65.8 Å². The average Bonchev–Trinajstić information content (AvgIpc) is 3.01. The van der Waals surface area contributed by atoms with E-state index in [1.165, 1.54) is 6.08 Å². The molecule has 0 radical (unpaired) electrons. The number of aliphatic hydroxyl groups is 3. The van der Waals surface area contributed by atoms with Crippen LogP contribution >= 0.6 is 0 Å². The predicted molar refractivity (Wildman–Crippen MR) is 180 cm³/mol. The first kappa shape index (κ1) is 42.0. The highest BCUT2D eigenvalue weighted by Crippen LogP contribution is 2.26. The van der Waals surface area contributed by atoms with Crippen molar-refractivity contribution in [2.45, 2.75) is 115 Å². The topological polar surface area (TPSA) is 211 Å². The largest absolute Gasteiger partial charge is 0.490 e. The lowest BCUT2D eigenvalue weighted by molar-refractivity contribution is -0.172. The molecule has 0 aliphatic rings. The molecule has 0 fully saturated rings. The maximum atomic E-state index is 13.3. The highest BCUT2D eigenvalue weighted by Gasteiger charge is 2.49. The van der Waals surface area contributed by atoms with Gasteiger partial charge in [0, 0.05) is 6.42 Å². The van der Waals surface area contributed by atoms with Gasteiger partial charge in [-0.05, 0) is 63.3 Å². The molecule has 1 aromatic carbocycles. The molecule has 0 spiro atoms. The molecule has 12 heteroatoms. The second kappa shape index (κ2) is 22.5. The number of hydrogen-bond donors (Lipinski definition) is 7. The summed E-state index contributed by atoms with van der Waals surface area (Å²) in [6.45, 7) is 6.31. The molecule has 1 aromatic rings. The Hall–Kier alpha value is -4.00. The Morgan fingerprint density at radius 2 is 1.52 bits per heavy atom. The maximum absolute atomic E-state index is 13.3. The number of hydrogen-bond acceptors (Lipinski definition) is 8. The summed E-state index contributed by atoms with van der Waals surface area (Å²) in [6, 6.07) is 5.05. The van der Waals surface area contributed by atoms with E-state index in [9.17, 15) is 49.8 Å². The number of carboxylic acids is 3. The maximum Gasteiger partial charge on any atom is 0.337 e. The molecule has 0 bridgehead atoms. The summed E-state index contributed by atoms with van der Waals surface area (Å²) in [7, 11) is 0. The van der Waals surface area contributed by atoms with Gasteiger partial charge in [-0.1, -0.05) is 81.0 Å². The van der Waals surface area contributed by atoms with Crippen molar-refractivity contribution in [3.8, 4) is 5.75 Å². The van der Waals surface area contributed by atoms with E-state index in [-0.39, 0.29) is 6.42 Å². The zero-order chi connectivity index (χ0) is 36.1. The van der Waals surface area contributed by atoms with Gasteiger partial charge in [0.1, 0.15) is 18.4 Å². The van der Waals surface area contributed by atoms with E-state index in [1.807, 2.05) is 26.0 Å². The van der Waals surface area contributed by atoms with E-state index in [0.29, 0.717) is 50.0 Å². The van der Waals surface area contributed by atoms with Crippen LogP contribution in [-0.2, 0) is 25.6 Å². The number of carbonyl (C=O) groups is 4. The number of benzene rings is 1. The fourth-order valence-corrected chi connectivity index (χ4v) is 4.79. The number of rotatable bonds is 25. The number of aliphatic carboxylic acids is 3. The normalized spacial score (nSPS) is 15.3. The van der Waals surface area contributed by atoms with Crippen molar-refractivity contribution in [1.82, 2.24) is 5.32 Å². The quantitative estimate of drug-likeness (QED) is 0.0570. The molecule has 0 aliphatic heterocycles. The highest BCUT2D eigenvalue weighted by atomic mass is 16.5. The number of amides is 1. The number of allylic oxidation sites excluding steroid dienone is 3. The summed E-state index contributed by atoms with van der Waals surface area (Å²) in [4.78, 5) is 48.9. The van der Waals surface area contributed by atoms with Crippen LogP contribution in [-0.4, -0.2) is 84.9 Å². The van der Waals surface area contributed by atoms with Gasteiger partial charge in [0.2, 0.25) is 5.91 Å². The van der Waals surface area contributed by atoms with E-state index < -0.39 is 60.0 Å². The Labute approximate surface area is 282 Å². The minimum atomic E-state index is -3.04. The number of carboxylic acid groups (broad SMARTS) is 3. The third-order valence-electron chi connectivity index (χ3n) is 7.71. The van der Waals surface area contributed by atoms with Crippen LogP contribution in [0.15, 0.2) is 60.2 Å². The summed E-state index contributed by atoms with van der Waals surface area (Å²) in [5.74, 6) is -7.50. The van der Waals surface area contributed by atoms with Crippen LogP contribution in [0.3, 0.4) is 0 Å². The van der Waals surface area contributed by atoms with Gasteiger partial charge in [-0.3, -0.25) is 9.59 Å². The first-order valence-electron chi connectivity index (χ1n) is 16.5. The van der Waals surface area contributed by atoms with Crippen LogP contribution in [0.25, 0.3) is 0 Å². The Morgan fingerprint density at radius 3 is 2.10 bits per heavy atom. The van der Waals surface area contributed by atoms with E-state index in [2.05, 4.69) is 12.2 Å². The van der Waals surface area contributed by atoms with E-state index in [1.54, 1.807) is 30.3 Å². The number of ether oxygens (including phenoxy) is 1. The second-order valence-electron chi connectivity index (χ2n) is 12.2. The molecule has 2 unspecified atom stereocenters. The number of unbranched alkanes of at least 4 members (excludes halogenated alkanes) is 6. The molecule has 7 N–H and O–H groups in total. The van der Waals surface area contributed by atoms with Gasteiger partial charge in [-0.15, -0.1) is 0 Å². The summed E-state index contributed by atoms with van der Waals surface area (Å²) in [6.07, 6.45) is 11.1. The Bertz CT molecular complexity index is 1240. The van der Waals surface area contributed by atoms with Crippen LogP contribution in [0.2, 0.25) is 0 Å². The van der Waals surface area contributed by atoms with Crippen molar-refractivity contribution >= 4 is 23.8 Å². The second-order valence-corrected chi connectivity index (χ2v) is 12.2. The van der Waals surface area contributed by atoms with Crippen molar-refractivity contribution < 1.29 is 54.6 Å². The minimum absolute atomic E-state index is 0.170. The van der Waals surface area contributed by atoms with E-state index in [0.717, 1.165) is 37.3 Å². The van der Waals surface area contributed by atoms with Crippen molar-refractivity contribution in [2.24, 2.45) is 5.92 Å². The van der Waals surface area contributed by atoms with Crippen LogP contribution in [0.1, 0.15) is 90.5 Å². The fraction of sp³-hybridized carbons (Fsp3) is 0.556. The molecule has 0 aromatic heterocycles. The van der Waals surface area contributed by atoms with Gasteiger partial charge in [-0.25, -0.2) is 9.59 Å². The SMILES string of the molecule is CCCC/C=C/C(O)C(O)CCCCCC/C=C/[C@H](C(=O)N[C@@H](Cc1ccc(OCC=C(C)C)cc1)C(=O)O)[C@@](O)(CC(=O)O)C(=O)O. The first-order chi connectivity index (χ1) is 22.7. The lowest BCUT2D eigenvalue weighted by atomic mass is 9.82. The molecule has 0 aliphatic carbocycles. The third-order valence-corrected chi connectivity index (χ3v) is 7.71. The first-order valence-corrected chi connectivity index (χ1v) is 16.5. The molecule has 268 valence electrons. The number of carbonyl (C=O) groups excluding carboxylic acids is 1. The highest BCUT2D eigenvalue weighted by molar-refractivity contribution is 5.94. The zero-order valence-corrected chi connectivity index (χ0v) is 28.2. The number of aliphatic hydroxyl groups excluding tert-OH is 2. The molecule has 12 nitrogen and oxygen atoms in total. The summed E-state index contributed by atoms with van der Waals surface area (Å²) >= 11 is 0. The standard InChI is InChI=1S/C36H53NO11/c1-4-5-6-12-15-30(38)31(39)16-13-10-8-7-9-11-14-28(36(47,35(45)46)24-32(40)41)33(42)37-29(34(43)44)23-26-17-19-27(20-18-26)48-22-21-25(2)3/h11-12,14-15,17-21,28-31,38-39,47H,4-10,13,16,22-24H2,1-3H3,(H,37,42)(H,40,41)(H,43,44)(H,45,46)/b14-11+,15-12+/t28-,29+,30?,31?,36+/m1/s1. The monoisotopic (exact) mass is 675 g/mol. The predicted octanol–water partition coefficient (Wildman–Crippen LogP) is 4.42. The van der Waals surface area contributed by atoms with Crippen LogP contribution in [0.4, 0.5) is 0 Å². The van der Waals surface area contributed by atoms with Gasteiger partial charge in [0.15, 0.2) is 5.60 Å². The van der Waals surface area contributed by atoms with Gasteiger partial charge in [0.25, 0.3) is 0 Å². The van der Waals surface area contributed by atoms with Crippen molar-refractivity contribution in [2.75, 3.05) is 6.61 Å². The smallest absolute Gasteiger partial charge is 0.337 e. The lowest BCUT2D eigenvalue weighted by Crippen LogP contribution is -2.55. The van der Waals surface area contributed by atoms with Gasteiger partial charge >= 0.3 is 17.9 Å². The van der Waals surface area contributed by atoms with Crippen molar-refractivity contribution in [1.29, 1.82) is 0 Å². The van der Waals surface area contributed by atoms with Gasteiger partial charge in [-0.2, -0.15) is 0 Å². The molecule has 0 heterocycles. The summed E-state index contributed by atoms with van der Waals surface area (Å²) in [5.41, 5.74) is -1.42. The Balaban J connectivity index is 2.87. The van der Waals surface area contributed by atoms with E-state index in [4.69, 9.17) is 4.74 Å². The van der Waals surface area contributed by atoms with E-state index >= 15 is 0 Å². The molecule has 48 heavy (non-hydrogen) atoms. The molecule has 1 amide bonds. The third kappa shape index (κ3) is 16.2.